The van der Waals surface area contributed by atoms with Crippen LogP contribution in [0.1, 0.15) is 74.8 Å². The fourth-order valence-corrected chi connectivity index (χ4v) is 4.56. The summed E-state index contributed by atoms with van der Waals surface area (Å²) >= 11 is 0. The van der Waals surface area contributed by atoms with Crippen molar-refractivity contribution in [3.8, 4) is 0 Å². The number of rotatable bonds is 6. The number of hydrogen-bond donors (Lipinski definition) is 1. The minimum Gasteiger partial charge on any atom is -0.317 e. The molecule has 0 amide bonds. The molecule has 1 fully saturated rings. The largest absolute Gasteiger partial charge is 0.317 e. The minimum absolute atomic E-state index is 0.710. The van der Waals surface area contributed by atoms with Crippen LogP contribution in [0, 0.1) is 5.92 Å². The monoisotopic (exact) mass is 285 g/mol. The first-order valence-electron chi connectivity index (χ1n) is 9.12. The van der Waals surface area contributed by atoms with Gasteiger partial charge >= 0.3 is 0 Å². The van der Waals surface area contributed by atoms with E-state index in [0.717, 1.165) is 11.8 Å². The van der Waals surface area contributed by atoms with Crippen LogP contribution in [-0.2, 0) is 6.42 Å². The van der Waals surface area contributed by atoms with Crippen LogP contribution in [0.4, 0.5) is 0 Å². The summed E-state index contributed by atoms with van der Waals surface area (Å²) in [6.07, 6.45) is 14.1. The predicted octanol–water partition coefficient (Wildman–Crippen LogP) is 5.06. The van der Waals surface area contributed by atoms with Crippen molar-refractivity contribution in [3.63, 3.8) is 0 Å². The lowest BCUT2D eigenvalue weighted by Gasteiger charge is -2.29. The quantitative estimate of drug-likeness (QED) is 0.770. The third-order valence-corrected chi connectivity index (χ3v) is 5.87. The highest BCUT2D eigenvalue weighted by molar-refractivity contribution is 5.32. The van der Waals surface area contributed by atoms with Crippen molar-refractivity contribution < 1.29 is 0 Å². The molecule has 2 aliphatic carbocycles. The van der Waals surface area contributed by atoms with Gasteiger partial charge in [0, 0.05) is 6.04 Å². The summed E-state index contributed by atoms with van der Waals surface area (Å²) in [5, 5.41) is 3.60. The topological polar surface area (TPSA) is 12.0 Å². The molecule has 0 radical (unpaired) electrons. The number of aryl methyl sites for hydroxylation is 1. The summed E-state index contributed by atoms with van der Waals surface area (Å²) in [6, 6.07) is 9.86. The fraction of sp³-hybridized carbons (Fsp3) is 0.700. The van der Waals surface area contributed by atoms with Crippen LogP contribution in [0.15, 0.2) is 24.3 Å². The number of nitrogens with one attached hydrogen (secondary N) is 1. The first kappa shape index (κ1) is 15.1. The molecule has 0 saturated heterocycles. The number of fused-ring (bicyclic) bond motifs is 1. The predicted molar refractivity (Wildman–Crippen MR) is 90.8 cm³/mol. The summed E-state index contributed by atoms with van der Waals surface area (Å²) in [5.41, 5.74) is 3.25. The van der Waals surface area contributed by atoms with Crippen molar-refractivity contribution in [1.29, 1.82) is 0 Å². The maximum Gasteiger partial charge on any atom is 0.00699 e. The second-order valence-corrected chi connectivity index (χ2v) is 7.24. The van der Waals surface area contributed by atoms with E-state index in [1.807, 2.05) is 0 Å². The van der Waals surface area contributed by atoms with Crippen LogP contribution in [0.25, 0.3) is 0 Å². The smallest absolute Gasteiger partial charge is 0.00699 e. The van der Waals surface area contributed by atoms with Crippen LogP contribution in [-0.4, -0.2) is 13.1 Å². The summed E-state index contributed by atoms with van der Waals surface area (Å²) < 4.78 is 0. The van der Waals surface area contributed by atoms with Gasteiger partial charge in [-0.25, -0.2) is 0 Å². The molecular weight excluding hydrogens is 254 g/mol. The molecule has 1 nitrogen and oxygen atoms in total. The standard InChI is InChI=1S/C20H31N/c1-21-19(14-13-16-7-2-3-8-16)15-18-11-6-10-17-9-4-5-12-20(17)18/h4-5,9,12,16,18-19,21H,2-3,6-8,10-11,13-15H2,1H3. The molecule has 116 valence electrons. The third kappa shape index (κ3) is 3.88. The molecule has 0 heterocycles. The van der Waals surface area contributed by atoms with Gasteiger partial charge in [0.05, 0.1) is 0 Å². The SMILES string of the molecule is CNC(CCC1CCCC1)CC1CCCc2ccccc21. The highest BCUT2D eigenvalue weighted by Gasteiger charge is 2.23. The van der Waals surface area contributed by atoms with Crippen LogP contribution < -0.4 is 5.32 Å². The Bertz CT molecular complexity index is 433. The Morgan fingerprint density at radius 2 is 1.90 bits per heavy atom. The molecule has 1 aromatic carbocycles. The molecular formula is C20H31N. The first-order chi connectivity index (χ1) is 10.4. The Kier molecular flexibility index (Phi) is 5.35. The maximum atomic E-state index is 3.60. The van der Waals surface area contributed by atoms with Crippen LogP contribution in [0.5, 0.6) is 0 Å². The highest BCUT2D eigenvalue weighted by Crippen LogP contribution is 2.36. The van der Waals surface area contributed by atoms with Crippen LogP contribution in [0.2, 0.25) is 0 Å². The molecule has 0 aliphatic heterocycles. The van der Waals surface area contributed by atoms with Gasteiger partial charge in [0.15, 0.2) is 0 Å². The van der Waals surface area contributed by atoms with E-state index in [0.29, 0.717) is 6.04 Å². The van der Waals surface area contributed by atoms with Crippen molar-refractivity contribution in [3.05, 3.63) is 35.4 Å². The van der Waals surface area contributed by atoms with Crippen molar-refractivity contribution in [1.82, 2.24) is 5.32 Å². The van der Waals surface area contributed by atoms with E-state index in [1.54, 1.807) is 11.1 Å². The average molecular weight is 285 g/mol. The summed E-state index contributed by atoms with van der Waals surface area (Å²) in [7, 11) is 2.16. The minimum atomic E-state index is 0.710. The fourth-order valence-electron chi connectivity index (χ4n) is 4.56. The molecule has 21 heavy (non-hydrogen) atoms. The third-order valence-electron chi connectivity index (χ3n) is 5.87. The molecule has 1 N–H and O–H groups in total. The van der Waals surface area contributed by atoms with Crippen molar-refractivity contribution >= 4 is 0 Å². The number of hydrogen-bond acceptors (Lipinski definition) is 1. The summed E-state index contributed by atoms with van der Waals surface area (Å²) in [4.78, 5) is 0. The van der Waals surface area contributed by atoms with Gasteiger partial charge in [-0.1, -0.05) is 49.9 Å². The lowest BCUT2D eigenvalue weighted by atomic mass is 9.79. The van der Waals surface area contributed by atoms with E-state index in [4.69, 9.17) is 0 Å². The molecule has 2 unspecified atom stereocenters. The van der Waals surface area contributed by atoms with Crippen LogP contribution >= 0.6 is 0 Å². The maximum absolute atomic E-state index is 3.60. The van der Waals surface area contributed by atoms with Gasteiger partial charge in [0.25, 0.3) is 0 Å². The summed E-state index contributed by atoms with van der Waals surface area (Å²) in [5.74, 6) is 1.82. The van der Waals surface area contributed by atoms with Crippen molar-refractivity contribution in [2.75, 3.05) is 7.05 Å². The second-order valence-electron chi connectivity index (χ2n) is 7.24. The van der Waals surface area contributed by atoms with Crippen LogP contribution in [0.3, 0.4) is 0 Å². The Balaban J connectivity index is 1.56. The van der Waals surface area contributed by atoms with Gasteiger partial charge < -0.3 is 5.32 Å². The van der Waals surface area contributed by atoms with Gasteiger partial charge in [-0.2, -0.15) is 0 Å². The average Bonchev–Trinajstić information content (AvgIpc) is 3.05. The number of benzene rings is 1. The van der Waals surface area contributed by atoms with Crippen molar-refractivity contribution in [2.45, 2.75) is 76.2 Å². The Morgan fingerprint density at radius 3 is 2.71 bits per heavy atom. The van der Waals surface area contributed by atoms with E-state index >= 15 is 0 Å². The molecule has 0 bridgehead atoms. The lowest BCUT2D eigenvalue weighted by molar-refractivity contribution is 0.371. The molecule has 0 spiro atoms. The Labute approximate surface area is 130 Å². The normalized spacial score (nSPS) is 24.0. The zero-order valence-electron chi connectivity index (χ0n) is 13.6. The summed E-state index contributed by atoms with van der Waals surface area (Å²) in [6.45, 7) is 0. The Morgan fingerprint density at radius 1 is 1.10 bits per heavy atom. The Hall–Kier alpha value is -0.820. The lowest BCUT2D eigenvalue weighted by Crippen LogP contribution is -2.29. The first-order valence-corrected chi connectivity index (χ1v) is 9.12. The molecule has 0 aromatic heterocycles. The van der Waals surface area contributed by atoms with Gasteiger partial charge in [-0.3, -0.25) is 0 Å². The highest BCUT2D eigenvalue weighted by atomic mass is 14.9. The zero-order valence-corrected chi connectivity index (χ0v) is 13.6. The van der Waals surface area contributed by atoms with E-state index in [1.165, 1.54) is 64.2 Å². The van der Waals surface area contributed by atoms with E-state index in [-0.39, 0.29) is 0 Å². The van der Waals surface area contributed by atoms with Gasteiger partial charge in [0.2, 0.25) is 0 Å². The zero-order chi connectivity index (χ0) is 14.5. The van der Waals surface area contributed by atoms with Gasteiger partial charge in [0.1, 0.15) is 0 Å². The molecule has 1 aromatic rings. The molecule has 1 saturated carbocycles. The van der Waals surface area contributed by atoms with E-state index < -0.39 is 0 Å². The van der Waals surface area contributed by atoms with E-state index in [2.05, 4.69) is 36.6 Å². The van der Waals surface area contributed by atoms with Gasteiger partial charge in [-0.05, 0) is 68.5 Å². The van der Waals surface area contributed by atoms with Crippen molar-refractivity contribution in [2.24, 2.45) is 5.92 Å². The molecule has 2 atom stereocenters. The van der Waals surface area contributed by atoms with Gasteiger partial charge in [-0.15, -0.1) is 0 Å². The second kappa shape index (κ2) is 7.45. The molecule has 2 aliphatic rings. The molecule has 1 heteroatoms. The van der Waals surface area contributed by atoms with E-state index in [9.17, 15) is 0 Å². The molecule has 3 rings (SSSR count).